The molecule has 0 spiro atoms. The summed E-state index contributed by atoms with van der Waals surface area (Å²) in [5, 5.41) is 6.47. The van der Waals surface area contributed by atoms with Crippen molar-refractivity contribution in [3.05, 3.63) is 11.6 Å². The van der Waals surface area contributed by atoms with Crippen LogP contribution in [0, 0.1) is 0 Å². The molecule has 72 valence electrons. The Kier molecular flexibility index (Phi) is 2.80. The lowest BCUT2D eigenvalue weighted by Gasteiger charge is -2.39. The molecule has 1 N–H and O–H groups in total. The van der Waals surface area contributed by atoms with E-state index in [0.29, 0.717) is 6.04 Å². The van der Waals surface area contributed by atoms with E-state index in [9.17, 15) is 0 Å². The molecule has 1 aliphatic rings. The molecule has 0 aliphatic carbocycles. The van der Waals surface area contributed by atoms with Crippen LogP contribution in [0.2, 0.25) is 0 Å². The van der Waals surface area contributed by atoms with Crippen LogP contribution < -0.4 is 5.32 Å². The van der Waals surface area contributed by atoms with Gasteiger partial charge in [0.05, 0.1) is 6.04 Å². The van der Waals surface area contributed by atoms with E-state index >= 15 is 0 Å². The van der Waals surface area contributed by atoms with Crippen molar-refractivity contribution in [2.24, 2.45) is 0 Å². The van der Waals surface area contributed by atoms with E-state index in [1.165, 1.54) is 26.1 Å². The highest BCUT2D eigenvalue weighted by Crippen LogP contribution is 2.17. The molecule has 0 atom stereocenters. The van der Waals surface area contributed by atoms with Gasteiger partial charge in [0.15, 0.2) is 5.13 Å². The van der Waals surface area contributed by atoms with Crippen molar-refractivity contribution < 1.29 is 0 Å². The third kappa shape index (κ3) is 2.19. The molecular formula is C9H15N3S. The van der Waals surface area contributed by atoms with E-state index in [1.807, 2.05) is 11.6 Å². The molecule has 13 heavy (non-hydrogen) atoms. The molecule has 0 unspecified atom stereocenters. The Morgan fingerprint density at radius 2 is 2.54 bits per heavy atom. The van der Waals surface area contributed by atoms with Gasteiger partial charge in [0.25, 0.3) is 0 Å². The quantitative estimate of drug-likeness (QED) is 0.795. The van der Waals surface area contributed by atoms with Crippen LogP contribution in [0.5, 0.6) is 0 Å². The zero-order chi connectivity index (χ0) is 9.10. The first-order valence-electron chi connectivity index (χ1n) is 4.77. The summed E-state index contributed by atoms with van der Waals surface area (Å²) < 4.78 is 0. The van der Waals surface area contributed by atoms with Crippen molar-refractivity contribution >= 4 is 16.5 Å². The Balaban J connectivity index is 1.70. The highest BCUT2D eigenvalue weighted by atomic mass is 32.1. The predicted molar refractivity (Wildman–Crippen MR) is 56.3 cm³/mol. The maximum absolute atomic E-state index is 4.20. The van der Waals surface area contributed by atoms with Crippen molar-refractivity contribution in [2.45, 2.75) is 19.4 Å². The van der Waals surface area contributed by atoms with Crippen LogP contribution in [-0.2, 0) is 0 Å². The van der Waals surface area contributed by atoms with Crippen molar-refractivity contribution in [3.63, 3.8) is 0 Å². The number of likely N-dealkylation sites (tertiary alicyclic amines) is 1. The second kappa shape index (κ2) is 4.07. The maximum atomic E-state index is 4.20. The standard InChI is InChI=1S/C9H15N3S/c1-2-4-12-6-8(7-12)11-9-10-3-5-13-9/h3,5,8H,2,4,6-7H2,1H3,(H,10,11). The number of nitrogens with one attached hydrogen (secondary N) is 1. The Labute approximate surface area is 82.8 Å². The summed E-state index contributed by atoms with van der Waals surface area (Å²) in [6.07, 6.45) is 3.10. The van der Waals surface area contributed by atoms with Crippen LogP contribution in [0.4, 0.5) is 5.13 Å². The number of nitrogens with zero attached hydrogens (tertiary/aromatic N) is 2. The van der Waals surface area contributed by atoms with Crippen molar-refractivity contribution in [3.8, 4) is 0 Å². The van der Waals surface area contributed by atoms with Gasteiger partial charge in [0.2, 0.25) is 0 Å². The summed E-state index contributed by atoms with van der Waals surface area (Å²) in [7, 11) is 0. The summed E-state index contributed by atoms with van der Waals surface area (Å²) in [5.41, 5.74) is 0. The van der Waals surface area contributed by atoms with Crippen molar-refractivity contribution in [1.82, 2.24) is 9.88 Å². The first kappa shape index (κ1) is 8.97. The molecule has 2 rings (SSSR count). The largest absolute Gasteiger partial charge is 0.356 e. The zero-order valence-electron chi connectivity index (χ0n) is 7.86. The highest BCUT2D eigenvalue weighted by Gasteiger charge is 2.25. The third-order valence-corrected chi connectivity index (χ3v) is 2.96. The molecule has 0 aromatic carbocycles. The van der Waals surface area contributed by atoms with E-state index in [0.717, 1.165) is 5.13 Å². The second-order valence-corrected chi connectivity index (χ2v) is 4.33. The van der Waals surface area contributed by atoms with E-state index in [4.69, 9.17) is 0 Å². The average molecular weight is 197 g/mol. The van der Waals surface area contributed by atoms with Gasteiger partial charge >= 0.3 is 0 Å². The van der Waals surface area contributed by atoms with Crippen molar-refractivity contribution in [2.75, 3.05) is 25.0 Å². The Hall–Kier alpha value is -0.610. The molecule has 1 aromatic heterocycles. The number of hydrogen-bond donors (Lipinski definition) is 1. The molecule has 4 heteroatoms. The third-order valence-electron chi connectivity index (χ3n) is 2.26. The Morgan fingerprint density at radius 1 is 1.69 bits per heavy atom. The van der Waals surface area contributed by atoms with E-state index in [2.05, 4.69) is 22.1 Å². The Bertz CT molecular complexity index is 241. The van der Waals surface area contributed by atoms with Crippen LogP contribution in [0.3, 0.4) is 0 Å². The summed E-state index contributed by atoms with van der Waals surface area (Å²) in [4.78, 5) is 6.66. The number of hydrogen-bond acceptors (Lipinski definition) is 4. The molecule has 1 aliphatic heterocycles. The summed E-state index contributed by atoms with van der Waals surface area (Å²) >= 11 is 1.67. The summed E-state index contributed by atoms with van der Waals surface area (Å²) in [6.45, 7) is 5.80. The van der Waals surface area contributed by atoms with Gasteiger partial charge in [0, 0.05) is 24.7 Å². The normalized spacial score (nSPS) is 18.5. The van der Waals surface area contributed by atoms with Gasteiger partial charge in [-0.3, -0.25) is 4.90 Å². The van der Waals surface area contributed by atoms with Crippen LogP contribution in [0.1, 0.15) is 13.3 Å². The SMILES string of the molecule is CCCN1CC(Nc2nccs2)C1. The topological polar surface area (TPSA) is 28.2 Å². The molecule has 0 saturated carbocycles. The summed E-state index contributed by atoms with van der Waals surface area (Å²) in [6, 6.07) is 0.623. The minimum atomic E-state index is 0.623. The first-order chi connectivity index (χ1) is 6.38. The minimum Gasteiger partial charge on any atom is -0.356 e. The number of rotatable bonds is 4. The molecule has 1 fully saturated rings. The molecule has 0 bridgehead atoms. The molecular weight excluding hydrogens is 182 g/mol. The highest BCUT2D eigenvalue weighted by molar-refractivity contribution is 7.13. The van der Waals surface area contributed by atoms with E-state index in [-0.39, 0.29) is 0 Å². The van der Waals surface area contributed by atoms with E-state index < -0.39 is 0 Å². The lowest BCUT2D eigenvalue weighted by molar-refractivity contribution is 0.162. The number of anilines is 1. The smallest absolute Gasteiger partial charge is 0.182 e. The van der Waals surface area contributed by atoms with Gasteiger partial charge in [0.1, 0.15) is 0 Å². The fourth-order valence-electron chi connectivity index (χ4n) is 1.63. The average Bonchev–Trinajstić information content (AvgIpc) is 2.53. The summed E-state index contributed by atoms with van der Waals surface area (Å²) in [5.74, 6) is 0. The van der Waals surface area contributed by atoms with Crippen LogP contribution >= 0.6 is 11.3 Å². The van der Waals surface area contributed by atoms with Gasteiger partial charge < -0.3 is 5.32 Å². The van der Waals surface area contributed by atoms with E-state index in [1.54, 1.807) is 11.3 Å². The molecule has 3 nitrogen and oxygen atoms in total. The van der Waals surface area contributed by atoms with Gasteiger partial charge in [-0.1, -0.05) is 6.92 Å². The fourth-order valence-corrected chi connectivity index (χ4v) is 2.24. The lowest BCUT2D eigenvalue weighted by atomic mass is 10.1. The van der Waals surface area contributed by atoms with Crippen LogP contribution in [-0.4, -0.2) is 35.6 Å². The lowest BCUT2D eigenvalue weighted by Crippen LogP contribution is -2.54. The number of aromatic nitrogens is 1. The molecule has 0 radical (unpaired) electrons. The zero-order valence-corrected chi connectivity index (χ0v) is 8.68. The predicted octanol–water partition coefficient (Wildman–Crippen LogP) is 1.65. The van der Waals surface area contributed by atoms with Gasteiger partial charge in [-0.25, -0.2) is 4.98 Å². The minimum absolute atomic E-state index is 0.623. The van der Waals surface area contributed by atoms with Crippen LogP contribution in [0.25, 0.3) is 0 Å². The first-order valence-corrected chi connectivity index (χ1v) is 5.65. The monoisotopic (exact) mass is 197 g/mol. The maximum Gasteiger partial charge on any atom is 0.182 e. The van der Waals surface area contributed by atoms with Gasteiger partial charge in [-0.2, -0.15) is 0 Å². The number of thiazole rings is 1. The van der Waals surface area contributed by atoms with Crippen LogP contribution in [0.15, 0.2) is 11.6 Å². The van der Waals surface area contributed by atoms with Gasteiger partial charge in [-0.05, 0) is 13.0 Å². The molecule has 1 saturated heterocycles. The molecule has 1 aromatic rings. The molecule has 0 amide bonds. The fraction of sp³-hybridized carbons (Fsp3) is 0.667. The second-order valence-electron chi connectivity index (χ2n) is 3.44. The van der Waals surface area contributed by atoms with Gasteiger partial charge in [-0.15, -0.1) is 11.3 Å². The molecule has 2 heterocycles. The van der Waals surface area contributed by atoms with Crippen molar-refractivity contribution in [1.29, 1.82) is 0 Å². The Morgan fingerprint density at radius 3 is 3.15 bits per heavy atom.